The average molecular weight is 298 g/mol. The van der Waals surface area contributed by atoms with Crippen LogP contribution < -0.4 is 10.6 Å². The van der Waals surface area contributed by atoms with Crippen molar-refractivity contribution in [2.45, 2.75) is 18.4 Å². The summed E-state index contributed by atoms with van der Waals surface area (Å²) in [4.78, 5) is 27.5. The Labute approximate surface area is 126 Å². The van der Waals surface area contributed by atoms with Crippen molar-refractivity contribution in [3.8, 4) is 0 Å². The second kappa shape index (κ2) is 5.44. The molecule has 1 aliphatic rings. The first-order chi connectivity index (χ1) is 10.6. The molecule has 112 valence electrons. The lowest BCUT2D eigenvalue weighted by molar-refractivity contribution is -0.111. The van der Waals surface area contributed by atoms with Crippen LogP contribution in [0.3, 0.4) is 0 Å². The molecule has 2 amide bonds. The molecule has 3 rings (SSSR count). The average Bonchev–Trinajstić information content (AvgIpc) is 3.09. The van der Waals surface area contributed by atoms with E-state index >= 15 is 0 Å². The lowest BCUT2D eigenvalue weighted by atomic mass is 10.1. The molecule has 0 aliphatic heterocycles. The predicted octanol–water partition coefficient (Wildman–Crippen LogP) is 1.61. The molecule has 0 saturated heterocycles. The summed E-state index contributed by atoms with van der Waals surface area (Å²) >= 11 is 0. The fourth-order valence-electron chi connectivity index (χ4n) is 2.10. The number of nitrogens with one attached hydrogen (secondary N) is 2. The molecule has 0 radical (unpaired) electrons. The summed E-state index contributed by atoms with van der Waals surface area (Å²) in [5.74, 6) is -0.0224. The first-order valence-electron chi connectivity index (χ1n) is 6.76. The van der Waals surface area contributed by atoms with E-state index in [-0.39, 0.29) is 11.8 Å². The summed E-state index contributed by atoms with van der Waals surface area (Å²) in [7, 11) is 0. The van der Waals surface area contributed by atoms with Crippen LogP contribution in [0.2, 0.25) is 0 Å². The van der Waals surface area contributed by atoms with Crippen molar-refractivity contribution in [3.05, 3.63) is 54.7 Å². The third-order valence-electron chi connectivity index (χ3n) is 3.49. The first-order valence-corrected chi connectivity index (χ1v) is 6.76. The van der Waals surface area contributed by atoms with Gasteiger partial charge in [-0.2, -0.15) is 4.98 Å². The van der Waals surface area contributed by atoms with E-state index < -0.39 is 5.54 Å². The molecule has 7 nitrogen and oxygen atoms in total. The molecule has 0 atom stereocenters. The molecule has 1 aromatic carbocycles. The van der Waals surface area contributed by atoms with E-state index in [1.54, 1.807) is 24.3 Å². The minimum atomic E-state index is -0.514. The topological polar surface area (TPSA) is 97.1 Å². The molecule has 1 fully saturated rings. The number of carbonyl (C=O) groups is 2. The van der Waals surface area contributed by atoms with Gasteiger partial charge in [0.1, 0.15) is 5.54 Å². The lowest BCUT2D eigenvalue weighted by Crippen LogP contribution is -2.35. The van der Waals surface area contributed by atoms with E-state index in [1.165, 1.54) is 12.5 Å². The van der Waals surface area contributed by atoms with Crippen LogP contribution in [0.1, 0.15) is 29.0 Å². The molecule has 1 aliphatic carbocycles. The van der Waals surface area contributed by atoms with Crippen molar-refractivity contribution in [2.75, 3.05) is 5.32 Å². The summed E-state index contributed by atoms with van der Waals surface area (Å²) in [6, 6.07) is 6.59. The van der Waals surface area contributed by atoms with Crippen LogP contribution in [-0.2, 0) is 10.3 Å². The molecule has 1 saturated carbocycles. The maximum absolute atomic E-state index is 12.3. The van der Waals surface area contributed by atoms with Crippen LogP contribution in [0, 0.1) is 0 Å². The number of amides is 2. The molecule has 22 heavy (non-hydrogen) atoms. The van der Waals surface area contributed by atoms with Crippen LogP contribution in [0.15, 0.2) is 47.8 Å². The number of hydrogen-bond donors (Lipinski definition) is 2. The summed E-state index contributed by atoms with van der Waals surface area (Å²) in [6.45, 7) is 3.38. The highest BCUT2D eigenvalue weighted by molar-refractivity contribution is 5.99. The van der Waals surface area contributed by atoms with Gasteiger partial charge in [-0.05, 0) is 43.2 Å². The Morgan fingerprint density at radius 3 is 2.55 bits per heavy atom. The Hall–Kier alpha value is -2.96. The van der Waals surface area contributed by atoms with Crippen molar-refractivity contribution >= 4 is 17.5 Å². The summed E-state index contributed by atoms with van der Waals surface area (Å²) in [5, 5.41) is 9.35. The van der Waals surface area contributed by atoms with Crippen molar-refractivity contribution in [2.24, 2.45) is 0 Å². The molecule has 7 heteroatoms. The molecule has 1 heterocycles. The van der Waals surface area contributed by atoms with Gasteiger partial charge in [0.2, 0.25) is 12.3 Å². The zero-order valence-electron chi connectivity index (χ0n) is 11.7. The van der Waals surface area contributed by atoms with E-state index in [4.69, 9.17) is 4.52 Å². The van der Waals surface area contributed by atoms with Gasteiger partial charge in [-0.1, -0.05) is 11.7 Å². The van der Waals surface area contributed by atoms with Crippen LogP contribution in [0.5, 0.6) is 0 Å². The van der Waals surface area contributed by atoms with Crippen LogP contribution in [-0.4, -0.2) is 22.0 Å². The first kappa shape index (κ1) is 14.0. The van der Waals surface area contributed by atoms with Crippen molar-refractivity contribution < 1.29 is 14.1 Å². The number of hydrogen-bond acceptors (Lipinski definition) is 5. The van der Waals surface area contributed by atoms with Crippen LogP contribution in [0.25, 0.3) is 0 Å². The van der Waals surface area contributed by atoms with Crippen molar-refractivity contribution in [1.82, 2.24) is 15.5 Å². The quantitative estimate of drug-likeness (QED) is 0.817. The molecule has 0 spiro atoms. The van der Waals surface area contributed by atoms with Gasteiger partial charge >= 0.3 is 0 Å². The lowest BCUT2D eigenvalue weighted by Gasteiger charge is -2.13. The van der Waals surface area contributed by atoms with Crippen molar-refractivity contribution in [3.63, 3.8) is 0 Å². The molecule has 2 N–H and O–H groups in total. The molecular weight excluding hydrogens is 284 g/mol. The van der Waals surface area contributed by atoms with Crippen LogP contribution in [0.4, 0.5) is 5.69 Å². The highest BCUT2D eigenvalue weighted by Crippen LogP contribution is 2.43. The molecule has 2 aromatic rings. The fraction of sp³-hybridized carbons (Fsp3) is 0.200. The normalized spacial score (nSPS) is 14.9. The maximum atomic E-state index is 12.3. The Morgan fingerprint density at radius 2 is 2.00 bits per heavy atom. The maximum Gasteiger partial charge on any atom is 0.252 e. The summed E-state index contributed by atoms with van der Waals surface area (Å²) in [6.07, 6.45) is 4.00. The van der Waals surface area contributed by atoms with E-state index in [2.05, 4.69) is 27.4 Å². The third-order valence-corrected chi connectivity index (χ3v) is 3.49. The minimum Gasteiger partial charge on any atom is -0.343 e. The van der Waals surface area contributed by atoms with Gasteiger partial charge in [-0.15, -0.1) is 0 Å². The largest absolute Gasteiger partial charge is 0.343 e. The van der Waals surface area contributed by atoms with Gasteiger partial charge in [0, 0.05) is 11.3 Å². The van der Waals surface area contributed by atoms with E-state index in [1.807, 2.05) is 0 Å². The molecule has 0 unspecified atom stereocenters. The van der Waals surface area contributed by atoms with Gasteiger partial charge in [0.15, 0.2) is 5.82 Å². The minimum absolute atomic E-state index is 0.219. The Morgan fingerprint density at radius 1 is 1.27 bits per heavy atom. The third kappa shape index (κ3) is 2.73. The number of nitrogens with zero attached hydrogens (tertiary/aromatic N) is 2. The second-order valence-electron chi connectivity index (χ2n) is 5.06. The van der Waals surface area contributed by atoms with Gasteiger partial charge in [-0.3, -0.25) is 9.59 Å². The predicted molar refractivity (Wildman–Crippen MR) is 77.9 cm³/mol. The monoisotopic (exact) mass is 298 g/mol. The molecule has 0 bridgehead atoms. The van der Waals surface area contributed by atoms with Crippen molar-refractivity contribution in [1.29, 1.82) is 0 Å². The Bertz CT molecular complexity index is 703. The fourth-order valence-corrected chi connectivity index (χ4v) is 2.10. The number of carbonyl (C=O) groups excluding carboxylic acids is 2. The van der Waals surface area contributed by atoms with E-state index in [0.29, 0.717) is 17.1 Å². The zero-order chi connectivity index (χ0) is 15.6. The number of benzene rings is 1. The second-order valence-corrected chi connectivity index (χ2v) is 5.06. The highest BCUT2D eigenvalue weighted by Gasteiger charge is 2.49. The Kier molecular flexibility index (Phi) is 3.46. The summed E-state index contributed by atoms with van der Waals surface area (Å²) < 4.78 is 4.73. The zero-order valence-corrected chi connectivity index (χ0v) is 11.7. The smallest absolute Gasteiger partial charge is 0.252 e. The summed E-state index contributed by atoms with van der Waals surface area (Å²) in [5.41, 5.74) is 0.576. The van der Waals surface area contributed by atoms with E-state index in [0.717, 1.165) is 12.8 Å². The van der Waals surface area contributed by atoms with Gasteiger partial charge in [0.25, 0.3) is 5.91 Å². The van der Waals surface area contributed by atoms with Gasteiger partial charge < -0.3 is 15.2 Å². The Balaban J connectivity index is 1.68. The van der Waals surface area contributed by atoms with E-state index in [9.17, 15) is 9.59 Å². The SMILES string of the molecule is C=CC(=O)Nc1ccc(C(=O)NC2(c3ncon3)CC2)cc1. The highest BCUT2D eigenvalue weighted by atomic mass is 16.5. The standard InChI is InChI=1S/C15H14N4O3/c1-2-12(20)17-11-5-3-10(4-6-11)13(21)18-15(7-8-15)14-16-9-22-19-14/h2-6,9H,1,7-8H2,(H,17,20)(H,18,21). The number of rotatable bonds is 5. The van der Waals surface area contributed by atoms with Gasteiger partial charge in [0.05, 0.1) is 0 Å². The molecular formula is C15H14N4O3. The number of anilines is 1. The van der Waals surface area contributed by atoms with Gasteiger partial charge in [-0.25, -0.2) is 0 Å². The molecule has 1 aromatic heterocycles. The number of aromatic nitrogens is 2. The van der Waals surface area contributed by atoms with Crippen LogP contribution >= 0.6 is 0 Å².